The molecule has 0 aliphatic heterocycles. The summed E-state index contributed by atoms with van der Waals surface area (Å²) in [6.45, 7) is 0.383. The van der Waals surface area contributed by atoms with Crippen molar-refractivity contribution in [3.63, 3.8) is 0 Å². The molecule has 0 spiro atoms. The molecule has 2 N–H and O–H groups in total. The zero-order valence-corrected chi connectivity index (χ0v) is 19.2. The Balaban J connectivity index is 1.53. The van der Waals surface area contributed by atoms with Crippen molar-refractivity contribution in [2.45, 2.75) is 18.0 Å². The first-order valence-electron chi connectivity index (χ1n) is 10.2. The van der Waals surface area contributed by atoms with Gasteiger partial charge in [0.05, 0.1) is 11.4 Å². The zero-order valence-electron chi connectivity index (χ0n) is 18.4. The van der Waals surface area contributed by atoms with E-state index in [9.17, 15) is 17.6 Å². The molecule has 174 valence electrons. The molecule has 0 aromatic heterocycles. The fourth-order valence-electron chi connectivity index (χ4n) is 2.98. The summed E-state index contributed by atoms with van der Waals surface area (Å²) in [7, 11) is -0.681. The number of benzene rings is 3. The number of carbonyl (C=O) groups excluding carboxylic acids is 1. The number of carbonyl (C=O) groups is 1. The first-order chi connectivity index (χ1) is 15.8. The van der Waals surface area contributed by atoms with E-state index >= 15 is 0 Å². The normalized spacial score (nSPS) is 11.3. The molecule has 33 heavy (non-hydrogen) atoms. The second-order valence-corrected chi connectivity index (χ2v) is 9.59. The molecule has 3 rings (SSSR count). The van der Waals surface area contributed by atoms with Gasteiger partial charge in [-0.05, 0) is 41.5 Å². The number of sulfonamides is 1. The summed E-state index contributed by atoms with van der Waals surface area (Å²) < 4.78 is 44.8. The van der Waals surface area contributed by atoms with Gasteiger partial charge < -0.3 is 15.4 Å². The average molecular weight is 472 g/mol. The lowest BCUT2D eigenvalue weighted by Crippen LogP contribution is -2.30. The molecule has 0 fully saturated rings. The fraction of sp³-hybridized carbons (Fsp3) is 0.208. The molecule has 0 unspecified atom stereocenters. The summed E-state index contributed by atoms with van der Waals surface area (Å²) in [6, 6.07) is 19.8. The highest BCUT2D eigenvalue weighted by molar-refractivity contribution is 7.89. The first-order valence-corrected chi connectivity index (χ1v) is 11.7. The number of hydrogen-bond acceptors (Lipinski definition) is 5. The summed E-state index contributed by atoms with van der Waals surface area (Å²) in [4.78, 5) is 12.5. The van der Waals surface area contributed by atoms with Crippen LogP contribution in [0.15, 0.2) is 77.7 Å². The lowest BCUT2D eigenvalue weighted by molar-refractivity contribution is -0.119. The second-order valence-electron chi connectivity index (χ2n) is 7.47. The predicted octanol–water partition coefficient (Wildman–Crippen LogP) is 3.38. The quantitative estimate of drug-likeness (QED) is 0.473. The Morgan fingerprint density at radius 3 is 2.45 bits per heavy atom. The highest BCUT2D eigenvalue weighted by Gasteiger charge is 2.20. The second kappa shape index (κ2) is 10.9. The molecule has 0 saturated heterocycles. The van der Waals surface area contributed by atoms with Crippen molar-refractivity contribution in [3.05, 3.63) is 89.7 Å². The Bertz CT molecular complexity index is 1200. The van der Waals surface area contributed by atoms with Crippen LogP contribution in [-0.4, -0.2) is 39.3 Å². The monoisotopic (exact) mass is 471 g/mol. The van der Waals surface area contributed by atoms with E-state index in [1.54, 1.807) is 54.6 Å². The molecule has 3 aromatic rings. The number of rotatable bonds is 10. The van der Waals surface area contributed by atoms with E-state index in [-0.39, 0.29) is 29.7 Å². The highest BCUT2D eigenvalue weighted by Crippen LogP contribution is 2.20. The van der Waals surface area contributed by atoms with Crippen molar-refractivity contribution in [2.24, 2.45) is 0 Å². The van der Waals surface area contributed by atoms with Crippen LogP contribution >= 0.6 is 0 Å². The molecule has 0 saturated carbocycles. The van der Waals surface area contributed by atoms with Crippen molar-refractivity contribution in [1.82, 2.24) is 9.62 Å². The van der Waals surface area contributed by atoms with Crippen molar-refractivity contribution in [2.75, 3.05) is 26.0 Å². The minimum absolute atomic E-state index is 0.00398. The Morgan fingerprint density at radius 1 is 1.00 bits per heavy atom. The highest BCUT2D eigenvalue weighted by atomic mass is 32.2. The Labute approximate surface area is 193 Å². The van der Waals surface area contributed by atoms with Gasteiger partial charge >= 0.3 is 0 Å². The number of amides is 1. The van der Waals surface area contributed by atoms with Crippen molar-refractivity contribution in [3.8, 4) is 5.75 Å². The summed E-state index contributed by atoms with van der Waals surface area (Å²) in [6.07, 6.45) is 0. The van der Waals surface area contributed by atoms with E-state index in [1.807, 2.05) is 0 Å². The maximum Gasteiger partial charge on any atom is 0.242 e. The van der Waals surface area contributed by atoms with Gasteiger partial charge in [-0.25, -0.2) is 17.1 Å². The van der Waals surface area contributed by atoms with Crippen LogP contribution in [0.25, 0.3) is 0 Å². The predicted molar refractivity (Wildman–Crippen MR) is 125 cm³/mol. The number of ether oxygens (including phenoxy) is 1. The van der Waals surface area contributed by atoms with E-state index < -0.39 is 10.0 Å². The van der Waals surface area contributed by atoms with E-state index in [1.165, 1.54) is 32.3 Å². The van der Waals surface area contributed by atoms with E-state index in [0.717, 1.165) is 9.87 Å². The molecule has 0 radical (unpaired) electrons. The van der Waals surface area contributed by atoms with Crippen LogP contribution in [0.2, 0.25) is 0 Å². The van der Waals surface area contributed by atoms with Gasteiger partial charge in [-0.15, -0.1) is 0 Å². The minimum Gasteiger partial charge on any atom is -0.489 e. The maximum atomic E-state index is 13.0. The number of anilines is 1. The largest absolute Gasteiger partial charge is 0.489 e. The van der Waals surface area contributed by atoms with Crippen molar-refractivity contribution in [1.29, 1.82) is 0 Å². The summed E-state index contributed by atoms with van der Waals surface area (Å²) in [5.74, 6) is 0.0169. The number of nitrogens with zero attached hydrogens (tertiary/aromatic N) is 1. The summed E-state index contributed by atoms with van der Waals surface area (Å²) in [5.41, 5.74) is 2.04. The van der Waals surface area contributed by atoms with Crippen LogP contribution in [0.3, 0.4) is 0 Å². The van der Waals surface area contributed by atoms with E-state index in [0.29, 0.717) is 23.6 Å². The molecule has 0 aliphatic rings. The molecule has 0 heterocycles. The van der Waals surface area contributed by atoms with Gasteiger partial charge in [-0.1, -0.05) is 36.4 Å². The van der Waals surface area contributed by atoms with Crippen LogP contribution in [0, 0.1) is 5.82 Å². The molecule has 0 bridgehead atoms. The first kappa shape index (κ1) is 24.2. The van der Waals surface area contributed by atoms with Crippen LogP contribution in [0.5, 0.6) is 5.75 Å². The zero-order chi connectivity index (χ0) is 23.8. The third-order valence-corrected chi connectivity index (χ3v) is 6.73. The van der Waals surface area contributed by atoms with Gasteiger partial charge in [0.1, 0.15) is 18.2 Å². The number of nitrogens with one attached hydrogen (secondary N) is 2. The molecular weight excluding hydrogens is 445 g/mol. The smallest absolute Gasteiger partial charge is 0.242 e. The number of hydrogen-bond donors (Lipinski definition) is 2. The SMILES string of the molecule is CN(C)S(=O)(=O)c1ccccc1CNC(=O)CNc1cccc(OCc2ccc(F)cc2)c1. The lowest BCUT2D eigenvalue weighted by atomic mass is 10.2. The van der Waals surface area contributed by atoms with Crippen molar-refractivity contribution >= 4 is 21.6 Å². The Kier molecular flexibility index (Phi) is 8.02. The Hall–Kier alpha value is -3.43. The minimum atomic E-state index is -3.61. The van der Waals surface area contributed by atoms with Gasteiger partial charge in [-0.3, -0.25) is 4.79 Å². The lowest BCUT2D eigenvalue weighted by Gasteiger charge is -2.15. The van der Waals surface area contributed by atoms with Gasteiger partial charge in [0, 0.05) is 32.4 Å². The van der Waals surface area contributed by atoms with Crippen LogP contribution < -0.4 is 15.4 Å². The molecular formula is C24H26FN3O4S. The van der Waals surface area contributed by atoms with Gasteiger partial charge in [0.25, 0.3) is 0 Å². The van der Waals surface area contributed by atoms with Gasteiger partial charge in [0.2, 0.25) is 15.9 Å². The summed E-state index contributed by atoms with van der Waals surface area (Å²) >= 11 is 0. The van der Waals surface area contributed by atoms with Crippen LogP contribution in [-0.2, 0) is 28.0 Å². The van der Waals surface area contributed by atoms with Crippen LogP contribution in [0.1, 0.15) is 11.1 Å². The molecule has 0 aliphatic carbocycles. The third-order valence-electron chi connectivity index (χ3n) is 4.81. The fourth-order valence-corrected chi connectivity index (χ4v) is 4.10. The topological polar surface area (TPSA) is 87.7 Å². The third kappa shape index (κ3) is 6.77. The molecule has 0 atom stereocenters. The summed E-state index contributed by atoms with van der Waals surface area (Å²) in [5, 5.41) is 5.76. The standard InChI is InChI=1S/C24H26FN3O4S/c1-28(2)33(30,31)23-9-4-3-6-19(23)15-27-24(29)16-26-21-7-5-8-22(14-21)32-17-18-10-12-20(25)13-11-18/h3-14,26H,15-17H2,1-2H3,(H,27,29). The Morgan fingerprint density at radius 2 is 1.73 bits per heavy atom. The molecule has 3 aromatic carbocycles. The van der Waals surface area contributed by atoms with Crippen LogP contribution in [0.4, 0.5) is 10.1 Å². The average Bonchev–Trinajstić information content (AvgIpc) is 2.81. The molecule has 9 heteroatoms. The van der Waals surface area contributed by atoms with Gasteiger partial charge in [0.15, 0.2) is 0 Å². The van der Waals surface area contributed by atoms with Gasteiger partial charge in [-0.2, -0.15) is 0 Å². The number of halogens is 1. The maximum absolute atomic E-state index is 13.0. The van der Waals surface area contributed by atoms with E-state index in [2.05, 4.69) is 10.6 Å². The molecule has 1 amide bonds. The molecule has 7 nitrogen and oxygen atoms in total. The van der Waals surface area contributed by atoms with Crippen molar-refractivity contribution < 1.29 is 22.3 Å². The van der Waals surface area contributed by atoms with E-state index in [4.69, 9.17) is 4.74 Å².